The second-order valence-corrected chi connectivity index (χ2v) is 5.12. The lowest BCUT2D eigenvalue weighted by atomic mass is 10.1. The fraction of sp³-hybridized carbons (Fsp3) is 0.400. The molecule has 21 heavy (non-hydrogen) atoms. The van der Waals surface area contributed by atoms with Crippen LogP contribution in [0.3, 0.4) is 0 Å². The van der Waals surface area contributed by atoms with E-state index in [2.05, 4.69) is 10.1 Å². The van der Waals surface area contributed by atoms with Crippen molar-refractivity contribution in [2.24, 2.45) is 7.05 Å². The van der Waals surface area contributed by atoms with Crippen molar-refractivity contribution in [3.05, 3.63) is 41.3 Å². The van der Waals surface area contributed by atoms with Gasteiger partial charge in [-0.1, -0.05) is 0 Å². The number of nitrogens with zero attached hydrogens (tertiary/aromatic N) is 4. The van der Waals surface area contributed by atoms with Gasteiger partial charge in [-0.3, -0.25) is 14.5 Å². The SMILES string of the molecule is COc1nn(C)c2c1CCCN(C(=O)c1ccncc1)C2. The second-order valence-electron chi connectivity index (χ2n) is 5.12. The van der Waals surface area contributed by atoms with Crippen LogP contribution >= 0.6 is 0 Å². The molecule has 6 nitrogen and oxygen atoms in total. The van der Waals surface area contributed by atoms with E-state index in [0.717, 1.165) is 30.6 Å². The Hall–Kier alpha value is -2.37. The van der Waals surface area contributed by atoms with Crippen LogP contribution < -0.4 is 4.74 Å². The van der Waals surface area contributed by atoms with Gasteiger partial charge in [0.25, 0.3) is 5.91 Å². The molecular formula is C15H18N4O2. The number of carbonyl (C=O) groups is 1. The molecule has 1 aliphatic rings. The van der Waals surface area contributed by atoms with E-state index in [1.54, 1.807) is 31.6 Å². The van der Waals surface area contributed by atoms with Crippen LogP contribution in [0.4, 0.5) is 0 Å². The molecule has 0 unspecified atom stereocenters. The summed E-state index contributed by atoms with van der Waals surface area (Å²) in [4.78, 5) is 18.4. The number of ether oxygens (including phenoxy) is 1. The summed E-state index contributed by atoms with van der Waals surface area (Å²) < 4.78 is 7.14. The fourth-order valence-electron chi connectivity index (χ4n) is 2.75. The third-order valence-corrected chi connectivity index (χ3v) is 3.84. The Labute approximate surface area is 123 Å². The van der Waals surface area contributed by atoms with Crippen molar-refractivity contribution in [3.8, 4) is 5.88 Å². The lowest BCUT2D eigenvalue weighted by Gasteiger charge is -2.20. The zero-order chi connectivity index (χ0) is 14.8. The summed E-state index contributed by atoms with van der Waals surface area (Å²) in [6.07, 6.45) is 5.07. The highest BCUT2D eigenvalue weighted by Crippen LogP contribution is 2.27. The molecule has 1 aliphatic heterocycles. The van der Waals surface area contributed by atoms with Gasteiger partial charge < -0.3 is 9.64 Å². The summed E-state index contributed by atoms with van der Waals surface area (Å²) in [5.41, 5.74) is 2.83. The van der Waals surface area contributed by atoms with Crippen molar-refractivity contribution in [1.29, 1.82) is 0 Å². The average molecular weight is 286 g/mol. The number of hydrogen-bond donors (Lipinski definition) is 0. The molecule has 2 aromatic heterocycles. The van der Waals surface area contributed by atoms with Crippen molar-refractivity contribution in [1.82, 2.24) is 19.7 Å². The van der Waals surface area contributed by atoms with Gasteiger partial charge in [-0.25, -0.2) is 0 Å². The number of pyridine rings is 1. The predicted octanol–water partition coefficient (Wildman–Crippen LogP) is 1.41. The molecule has 2 aromatic rings. The molecule has 1 amide bonds. The van der Waals surface area contributed by atoms with Gasteiger partial charge in [0, 0.05) is 37.1 Å². The van der Waals surface area contributed by atoms with Crippen LogP contribution in [0.5, 0.6) is 5.88 Å². The summed E-state index contributed by atoms with van der Waals surface area (Å²) in [6, 6.07) is 3.50. The first-order chi connectivity index (χ1) is 10.2. The summed E-state index contributed by atoms with van der Waals surface area (Å²) in [5, 5.41) is 4.37. The lowest BCUT2D eigenvalue weighted by Crippen LogP contribution is -2.31. The third-order valence-electron chi connectivity index (χ3n) is 3.84. The first kappa shape index (κ1) is 13.6. The summed E-state index contributed by atoms with van der Waals surface area (Å²) in [7, 11) is 3.52. The molecule has 6 heteroatoms. The normalized spacial score (nSPS) is 14.5. The lowest BCUT2D eigenvalue weighted by molar-refractivity contribution is 0.0742. The van der Waals surface area contributed by atoms with Gasteiger partial charge in [-0.15, -0.1) is 5.10 Å². The maximum atomic E-state index is 12.6. The Bertz CT molecular complexity index is 651. The molecule has 0 saturated heterocycles. The van der Waals surface area contributed by atoms with Crippen molar-refractivity contribution < 1.29 is 9.53 Å². The van der Waals surface area contributed by atoms with Gasteiger partial charge in [0.05, 0.1) is 19.3 Å². The maximum Gasteiger partial charge on any atom is 0.254 e. The van der Waals surface area contributed by atoms with Crippen LogP contribution in [0.2, 0.25) is 0 Å². The molecule has 0 aromatic carbocycles. The number of hydrogen-bond acceptors (Lipinski definition) is 4. The van der Waals surface area contributed by atoms with E-state index in [9.17, 15) is 4.79 Å². The van der Waals surface area contributed by atoms with Crippen LogP contribution in [0.15, 0.2) is 24.5 Å². The van der Waals surface area contributed by atoms with Gasteiger partial charge in [0.15, 0.2) is 0 Å². The second kappa shape index (κ2) is 5.55. The van der Waals surface area contributed by atoms with Crippen molar-refractivity contribution in [3.63, 3.8) is 0 Å². The quantitative estimate of drug-likeness (QED) is 0.837. The molecule has 0 bridgehead atoms. The van der Waals surface area contributed by atoms with E-state index in [1.807, 2.05) is 16.6 Å². The monoisotopic (exact) mass is 286 g/mol. The largest absolute Gasteiger partial charge is 0.480 e. The molecule has 0 aliphatic carbocycles. The van der Waals surface area contributed by atoms with Crippen LogP contribution in [0, 0.1) is 0 Å². The summed E-state index contributed by atoms with van der Waals surface area (Å²) in [5.74, 6) is 0.705. The molecule has 0 radical (unpaired) electrons. The molecule has 0 N–H and O–H groups in total. The van der Waals surface area contributed by atoms with Crippen molar-refractivity contribution in [2.75, 3.05) is 13.7 Å². The van der Waals surface area contributed by atoms with Crippen molar-refractivity contribution in [2.45, 2.75) is 19.4 Å². The van der Waals surface area contributed by atoms with E-state index in [0.29, 0.717) is 18.0 Å². The Morgan fingerprint density at radius 2 is 2.10 bits per heavy atom. The van der Waals surface area contributed by atoms with Gasteiger partial charge >= 0.3 is 0 Å². The minimum Gasteiger partial charge on any atom is -0.480 e. The highest BCUT2D eigenvalue weighted by molar-refractivity contribution is 5.94. The summed E-state index contributed by atoms with van der Waals surface area (Å²) >= 11 is 0. The molecule has 0 atom stereocenters. The van der Waals surface area contributed by atoms with Gasteiger partial charge in [0.2, 0.25) is 5.88 Å². The van der Waals surface area contributed by atoms with E-state index in [4.69, 9.17) is 4.74 Å². The van der Waals surface area contributed by atoms with Gasteiger partial charge in [-0.05, 0) is 25.0 Å². The Morgan fingerprint density at radius 3 is 2.81 bits per heavy atom. The number of aryl methyl sites for hydroxylation is 1. The number of methoxy groups -OCH3 is 1. The molecule has 0 saturated carbocycles. The summed E-state index contributed by atoms with van der Waals surface area (Å²) in [6.45, 7) is 1.29. The van der Waals surface area contributed by atoms with E-state index >= 15 is 0 Å². The zero-order valence-corrected chi connectivity index (χ0v) is 12.2. The van der Waals surface area contributed by atoms with Crippen LogP contribution in [-0.2, 0) is 20.0 Å². The van der Waals surface area contributed by atoms with E-state index in [-0.39, 0.29) is 5.91 Å². The van der Waals surface area contributed by atoms with E-state index < -0.39 is 0 Å². The number of fused-ring (bicyclic) bond motifs is 1. The smallest absolute Gasteiger partial charge is 0.254 e. The highest BCUT2D eigenvalue weighted by Gasteiger charge is 2.25. The molecule has 3 rings (SSSR count). The van der Waals surface area contributed by atoms with Crippen molar-refractivity contribution >= 4 is 5.91 Å². The molecular weight excluding hydrogens is 268 g/mol. The highest BCUT2D eigenvalue weighted by atomic mass is 16.5. The zero-order valence-electron chi connectivity index (χ0n) is 12.2. The number of amides is 1. The topological polar surface area (TPSA) is 60.2 Å². The maximum absolute atomic E-state index is 12.6. The predicted molar refractivity (Wildman–Crippen MR) is 77.1 cm³/mol. The minimum absolute atomic E-state index is 0.0328. The minimum atomic E-state index is 0.0328. The molecule has 0 fully saturated rings. The Kier molecular flexibility index (Phi) is 3.60. The van der Waals surface area contributed by atoms with Crippen LogP contribution in [-0.4, -0.2) is 39.2 Å². The standard InChI is InChI=1S/C15H18N4O2/c1-18-13-10-19(15(20)11-5-7-16-8-6-11)9-3-4-12(13)14(17-18)21-2/h5-8H,3-4,9-10H2,1-2H3. The first-order valence-corrected chi connectivity index (χ1v) is 6.98. The fourth-order valence-corrected chi connectivity index (χ4v) is 2.75. The molecule has 0 spiro atoms. The van der Waals surface area contributed by atoms with Gasteiger partial charge in [-0.2, -0.15) is 0 Å². The number of carbonyl (C=O) groups excluding carboxylic acids is 1. The van der Waals surface area contributed by atoms with Crippen LogP contribution in [0.25, 0.3) is 0 Å². The number of aromatic nitrogens is 3. The average Bonchev–Trinajstić information content (AvgIpc) is 2.70. The molecule has 110 valence electrons. The Morgan fingerprint density at radius 1 is 1.33 bits per heavy atom. The first-order valence-electron chi connectivity index (χ1n) is 6.98. The molecule has 3 heterocycles. The van der Waals surface area contributed by atoms with Gasteiger partial charge in [0.1, 0.15) is 0 Å². The van der Waals surface area contributed by atoms with E-state index in [1.165, 1.54) is 0 Å². The Balaban J connectivity index is 1.89. The third kappa shape index (κ3) is 2.49. The number of rotatable bonds is 2. The van der Waals surface area contributed by atoms with Crippen LogP contribution in [0.1, 0.15) is 28.0 Å².